The first-order chi connectivity index (χ1) is 13.5. The lowest BCUT2D eigenvalue weighted by atomic mass is 10.2. The number of fused-ring (bicyclic) bond motifs is 1. The molecule has 0 saturated carbocycles. The highest BCUT2D eigenvalue weighted by molar-refractivity contribution is 8.14. The van der Waals surface area contributed by atoms with Crippen molar-refractivity contribution >= 4 is 38.5 Å². The SMILES string of the molecule is COc1ccc(S(=O)(=O)N2CCc3ccccc32)cc1C(=O)NC1=NCCS1. The van der Waals surface area contributed by atoms with E-state index in [1.165, 1.54) is 41.4 Å². The van der Waals surface area contributed by atoms with Gasteiger partial charge in [-0.3, -0.25) is 14.1 Å². The molecule has 2 aliphatic rings. The largest absolute Gasteiger partial charge is 0.496 e. The van der Waals surface area contributed by atoms with Crippen LogP contribution in [0.3, 0.4) is 0 Å². The number of para-hydroxylation sites is 1. The summed E-state index contributed by atoms with van der Waals surface area (Å²) >= 11 is 1.45. The van der Waals surface area contributed by atoms with E-state index < -0.39 is 15.9 Å². The Kier molecular flexibility index (Phi) is 5.03. The van der Waals surface area contributed by atoms with E-state index in [9.17, 15) is 13.2 Å². The number of methoxy groups -OCH3 is 1. The molecule has 0 radical (unpaired) electrons. The normalized spacial score (nSPS) is 15.9. The Morgan fingerprint density at radius 3 is 2.82 bits per heavy atom. The molecule has 0 aliphatic carbocycles. The maximum atomic E-state index is 13.2. The fourth-order valence-corrected chi connectivity index (χ4v) is 5.54. The molecule has 7 nitrogen and oxygen atoms in total. The van der Waals surface area contributed by atoms with Crippen molar-refractivity contribution in [2.24, 2.45) is 4.99 Å². The van der Waals surface area contributed by atoms with Crippen LogP contribution in [-0.4, -0.2) is 45.4 Å². The van der Waals surface area contributed by atoms with Crippen LogP contribution in [0.25, 0.3) is 0 Å². The fraction of sp³-hybridized carbons (Fsp3) is 0.263. The molecule has 2 aromatic rings. The second-order valence-corrected chi connectivity index (χ2v) is 9.25. The Balaban J connectivity index is 1.69. The molecule has 0 fully saturated rings. The first kappa shape index (κ1) is 18.8. The molecule has 4 rings (SSSR count). The van der Waals surface area contributed by atoms with Gasteiger partial charge in [0, 0.05) is 12.3 Å². The van der Waals surface area contributed by atoms with Crippen molar-refractivity contribution in [2.45, 2.75) is 11.3 Å². The van der Waals surface area contributed by atoms with Gasteiger partial charge in [-0.1, -0.05) is 30.0 Å². The second kappa shape index (κ2) is 7.48. The smallest absolute Gasteiger partial charge is 0.264 e. The van der Waals surface area contributed by atoms with Gasteiger partial charge in [0.15, 0.2) is 5.17 Å². The zero-order valence-corrected chi connectivity index (χ0v) is 16.8. The van der Waals surface area contributed by atoms with Crippen LogP contribution in [0.2, 0.25) is 0 Å². The highest BCUT2D eigenvalue weighted by atomic mass is 32.2. The number of nitrogens with one attached hydrogen (secondary N) is 1. The zero-order chi connectivity index (χ0) is 19.7. The van der Waals surface area contributed by atoms with E-state index in [-0.39, 0.29) is 10.5 Å². The molecule has 2 aliphatic heterocycles. The zero-order valence-electron chi connectivity index (χ0n) is 15.2. The van der Waals surface area contributed by atoms with E-state index in [4.69, 9.17) is 4.74 Å². The van der Waals surface area contributed by atoms with Gasteiger partial charge in [0.2, 0.25) is 0 Å². The summed E-state index contributed by atoms with van der Waals surface area (Å²) < 4.78 is 33.1. The Morgan fingerprint density at radius 1 is 1.25 bits per heavy atom. The topological polar surface area (TPSA) is 88.1 Å². The van der Waals surface area contributed by atoms with E-state index in [1.807, 2.05) is 18.2 Å². The molecule has 0 atom stereocenters. The summed E-state index contributed by atoms with van der Waals surface area (Å²) in [6.07, 6.45) is 0.663. The molecule has 2 heterocycles. The number of benzene rings is 2. The molecule has 0 spiro atoms. The van der Waals surface area contributed by atoms with Gasteiger partial charge in [-0.15, -0.1) is 0 Å². The third-order valence-corrected chi connectivity index (χ3v) is 7.35. The van der Waals surface area contributed by atoms with Crippen LogP contribution in [0, 0.1) is 0 Å². The fourth-order valence-electron chi connectivity index (χ4n) is 3.29. The summed E-state index contributed by atoms with van der Waals surface area (Å²) in [7, 11) is -2.35. The van der Waals surface area contributed by atoms with Crippen LogP contribution in [0.5, 0.6) is 5.75 Å². The molecule has 1 amide bonds. The van der Waals surface area contributed by atoms with Crippen LogP contribution in [0.1, 0.15) is 15.9 Å². The van der Waals surface area contributed by atoms with E-state index in [0.29, 0.717) is 36.1 Å². The number of rotatable bonds is 4. The molecule has 0 unspecified atom stereocenters. The van der Waals surface area contributed by atoms with Crippen molar-refractivity contribution in [1.29, 1.82) is 0 Å². The second-order valence-electron chi connectivity index (χ2n) is 6.31. The maximum Gasteiger partial charge on any atom is 0.264 e. The average Bonchev–Trinajstić information content (AvgIpc) is 3.37. The van der Waals surface area contributed by atoms with Gasteiger partial charge < -0.3 is 10.1 Å². The van der Waals surface area contributed by atoms with Crippen LogP contribution in [-0.2, 0) is 16.4 Å². The lowest BCUT2D eigenvalue weighted by Crippen LogP contribution is -2.30. The minimum atomic E-state index is -3.80. The molecule has 0 saturated heterocycles. The number of carbonyl (C=O) groups is 1. The lowest BCUT2D eigenvalue weighted by Gasteiger charge is -2.20. The summed E-state index contributed by atoms with van der Waals surface area (Å²) in [5.74, 6) is 0.681. The van der Waals surface area contributed by atoms with E-state index in [1.54, 1.807) is 6.07 Å². The van der Waals surface area contributed by atoms with Crippen molar-refractivity contribution < 1.29 is 17.9 Å². The van der Waals surface area contributed by atoms with Crippen LogP contribution >= 0.6 is 11.8 Å². The summed E-state index contributed by atoms with van der Waals surface area (Å²) in [4.78, 5) is 16.9. The molecule has 2 aromatic carbocycles. The van der Waals surface area contributed by atoms with Gasteiger partial charge >= 0.3 is 0 Å². The number of sulfonamides is 1. The molecular weight excluding hydrogens is 398 g/mol. The van der Waals surface area contributed by atoms with E-state index >= 15 is 0 Å². The number of thioether (sulfide) groups is 1. The number of amides is 1. The van der Waals surface area contributed by atoms with Crippen LogP contribution < -0.4 is 14.4 Å². The lowest BCUT2D eigenvalue weighted by molar-refractivity contribution is 0.0975. The first-order valence-electron chi connectivity index (χ1n) is 8.78. The molecule has 146 valence electrons. The standard InChI is InChI=1S/C19H19N3O4S2/c1-26-17-7-6-14(12-15(17)18(23)21-19-20-9-11-27-19)28(24,25)22-10-8-13-4-2-3-5-16(13)22/h2-7,12H,8-11H2,1H3,(H,20,21,23). The van der Waals surface area contributed by atoms with Gasteiger partial charge in [0.25, 0.3) is 15.9 Å². The van der Waals surface area contributed by atoms with Gasteiger partial charge in [-0.05, 0) is 36.2 Å². The minimum absolute atomic E-state index is 0.0520. The van der Waals surface area contributed by atoms with Gasteiger partial charge in [0.1, 0.15) is 5.75 Å². The molecule has 28 heavy (non-hydrogen) atoms. The molecule has 9 heteroatoms. The molecule has 0 aromatic heterocycles. The third-order valence-electron chi connectivity index (χ3n) is 4.65. The minimum Gasteiger partial charge on any atom is -0.496 e. The quantitative estimate of drug-likeness (QED) is 0.825. The Bertz CT molecular complexity index is 1070. The van der Waals surface area contributed by atoms with Crippen molar-refractivity contribution in [3.63, 3.8) is 0 Å². The van der Waals surface area contributed by atoms with Crippen molar-refractivity contribution in [2.75, 3.05) is 30.3 Å². The van der Waals surface area contributed by atoms with Gasteiger partial charge in [0.05, 0.1) is 29.8 Å². The summed E-state index contributed by atoms with van der Waals surface area (Å²) in [5, 5.41) is 3.26. The number of nitrogens with zero attached hydrogens (tertiary/aromatic N) is 2. The molecule has 1 N–H and O–H groups in total. The number of hydrogen-bond donors (Lipinski definition) is 1. The van der Waals surface area contributed by atoms with Crippen LogP contribution in [0.15, 0.2) is 52.4 Å². The third kappa shape index (κ3) is 3.35. The highest BCUT2D eigenvalue weighted by Crippen LogP contribution is 2.34. The van der Waals surface area contributed by atoms with Gasteiger partial charge in [-0.2, -0.15) is 0 Å². The molecule has 0 bridgehead atoms. The monoisotopic (exact) mass is 417 g/mol. The van der Waals surface area contributed by atoms with E-state index in [2.05, 4.69) is 10.3 Å². The van der Waals surface area contributed by atoms with E-state index in [0.717, 1.165) is 11.3 Å². The maximum absolute atomic E-state index is 13.2. The van der Waals surface area contributed by atoms with Crippen molar-refractivity contribution in [3.05, 3.63) is 53.6 Å². The predicted octanol–water partition coefficient (Wildman–Crippen LogP) is 2.28. The number of ether oxygens (including phenoxy) is 1. The Labute approximate surface area is 167 Å². The summed E-state index contributed by atoms with van der Waals surface area (Å²) in [6.45, 7) is 1.03. The summed E-state index contributed by atoms with van der Waals surface area (Å²) in [5.41, 5.74) is 1.83. The number of anilines is 1. The van der Waals surface area contributed by atoms with Crippen molar-refractivity contribution in [1.82, 2.24) is 5.32 Å². The van der Waals surface area contributed by atoms with Gasteiger partial charge in [-0.25, -0.2) is 8.42 Å². The molecular formula is C19H19N3O4S2. The highest BCUT2D eigenvalue weighted by Gasteiger charge is 2.31. The van der Waals surface area contributed by atoms with Crippen LogP contribution in [0.4, 0.5) is 5.69 Å². The average molecular weight is 418 g/mol. The number of amidine groups is 1. The number of carbonyl (C=O) groups excluding carboxylic acids is 1. The Morgan fingerprint density at radius 2 is 2.07 bits per heavy atom. The number of hydrogen-bond acceptors (Lipinski definition) is 6. The van der Waals surface area contributed by atoms with Crippen molar-refractivity contribution in [3.8, 4) is 5.75 Å². The Hall–Kier alpha value is -2.52. The summed E-state index contributed by atoms with van der Waals surface area (Å²) in [6, 6.07) is 11.8. The number of aliphatic imine (C=N–C) groups is 1. The predicted molar refractivity (Wildman–Crippen MR) is 110 cm³/mol. The first-order valence-corrected chi connectivity index (χ1v) is 11.2.